The number of esters is 2. The van der Waals surface area contributed by atoms with E-state index in [1.165, 1.54) is 0 Å². The normalized spacial score (nSPS) is 13.1. The second-order valence-electron chi connectivity index (χ2n) is 11.0. The Labute approximate surface area is 249 Å². The summed E-state index contributed by atoms with van der Waals surface area (Å²) in [5.74, 6) is 0.786. The lowest BCUT2D eigenvalue weighted by Crippen LogP contribution is -2.28. The molecule has 9 nitrogen and oxygen atoms in total. The highest BCUT2D eigenvalue weighted by Crippen LogP contribution is 2.33. The minimum absolute atomic E-state index is 0.0189. The minimum atomic E-state index is -0.912. The van der Waals surface area contributed by atoms with Crippen LogP contribution in [0.3, 0.4) is 0 Å². The van der Waals surface area contributed by atoms with E-state index in [1.54, 1.807) is 0 Å². The van der Waals surface area contributed by atoms with Crippen LogP contribution in [0.4, 0.5) is 0 Å². The van der Waals surface area contributed by atoms with Crippen molar-refractivity contribution in [2.75, 3.05) is 67.0 Å². The summed E-state index contributed by atoms with van der Waals surface area (Å²) in [5.41, 5.74) is 1.88. The third kappa shape index (κ3) is 12.7. The van der Waals surface area contributed by atoms with Crippen molar-refractivity contribution in [1.29, 1.82) is 0 Å². The number of hydrogen-bond donors (Lipinski definition) is 1. The fraction of sp³-hybridized carbons (Fsp3) is 0.548. The molecule has 2 aromatic carbocycles. The van der Waals surface area contributed by atoms with E-state index in [9.17, 15) is 14.7 Å². The maximum atomic E-state index is 12.0. The molecule has 2 aromatic rings. The zero-order valence-electron chi connectivity index (χ0n) is 25.1. The summed E-state index contributed by atoms with van der Waals surface area (Å²) in [6.45, 7) is 5.55. The summed E-state index contributed by atoms with van der Waals surface area (Å²) >= 11 is 5.98. The van der Waals surface area contributed by atoms with Gasteiger partial charge in [-0.1, -0.05) is 38.1 Å². The van der Waals surface area contributed by atoms with Crippen LogP contribution in [-0.4, -0.2) is 106 Å². The zero-order chi connectivity index (χ0) is 30.4. The van der Waals surface area contributed by atoms with Crippen LogP contribution in [0.5, 0.6) is 11.5 Å². The Kier molecular flexibility index (Phi) is 14.4. The van der Waals surface area contributed by atoms with E-state index in [2.05, 4.69) is 13.8 Å². The lowest BCUT2D eigenvalue weighted by molar-refractivity contribution is -0.149. The van der Waals surface area contributed by atoms with Gasteiger partial charge in [-0.15, -0.1) is 11.6 Å². The van der Waals surface area contributed by atoms with Crippen LogP contribution in [0.15, 0.2) is 48.5 Å². The van der Waals surface area contributed by atoms with Gasteiger partial charge in [0.25, 0.3) is 0 Å². The molecular weight excluding hydrogens is 548 g/mol. The highest BCUT2D eigenvalue weighted by Gasteiger charge is 2.23. The van der Waals surface area contributed by atoms with Gasteiger partial charge in [-0.25, -0.2) is 0 Å². The second kappa shape index (κ2) is 17.2. The monoisotopic (exact) mass is 592 g/mol. The Balaban J connectivity index is 1.85. The molecule has 1 N–H and O–H groups in total. The first-order chi connectivity index (χ1) is 19.4. The van der Waals surface area contributed by atoms with Gasteiger partial charge in [-0.2, -0.15) is 0 Å². The van der Waals surface area contributed by atoms with Gasteiger partial charge in [-0.05, 0) is 63.6 Å². The lowest BCUT2D eigenvalue weighted by atomic mass is 9.78. The first-order valence-electron chi connectivity index (χ1n) is 13.8. The van der Waals surface area contributed by atoms with Crippen LogP contribution >= 0.6 is 11.6 Å². The van der Waals surface area contributed by atoms with Crippen LogP contribution < -0.4 is 9.47 Å². The summed E-state index contributed by atoms with van der Waals surface area (Å²) in [4.78, 5) is 27.5. The molecule has 0 bridgehead atoms. The third-order valence-corrected chi connectivity index (χ3v) is 6.81. The minimum Gasteiger partial charge on any atom is -0.491 e. The van der Waals surface area contributed by atoms with Crippen LogP contribution in [-0.2, 0) is 24.5 Å². The number of ether oxygens (including phenoxy) is 4. The summed E-state index contributed by atoms with van der Waals surface area (Å²) in [6, 6.07) is 15.5. The molecule has 2 unspecified atom stereocenters. The smallest absolute Gasteiger partial charge is 0.307 e. The molecule has 0 amide bonds. The summed E-state index contributed by atoms with van der Waals surface area (Å²) in [7, 11) is 7.56. The number of benzene rings is 2. The van der Waals surface area contributed by atoms with Gasteiger partial charge in [0.2, 0.25) is 0 Å². The molecule has 0 saturated heterocycles. The largest absolute Gasteiger partial charge is 0.491 e. The zero-order valence-corrected chi connectivity index (χ0v) is 25.9. The van der Waals surface area contributed by atoms with Gasteiger partial charge >= 0.3 is 11.9 Å². The fourth-order valence-electron chi connectivity index (χ4n) is 3.78. The van der Waals surface area contributed by atoms with Crippen molar-refractivity contribution in [3.8, 4) is 11.5 Å². The predicted octanol–water partition coefficient (Wildman–Crippen LogP) is 3.73. The standard InChI is InChI=1S/C31H45ClN2O7/c1-31(2,23-7-11-26(12-8-23)38-20-25(35)21-40-29(36)15-17-33(3)4)24-9-13-27(14-10-24)39-22-28(19-32)41-30(37)16-18-34(5)6/h7-14,25,28,35H,15-22H2,1-6H3. The predicted molar refractivity (Wildman–Crippen MR) is 160 cm³/mol. The van der Waals surface area contributed by atoms with E-state index < -0.39 is 12.2 Å². The van der Waals surface area contributed by atoms with Crippen molar-refractivity contribution in [1.82, 2.24) is 9.80 Å². The van der Waals surface area contributed by atoms with E-state index in [0.29, 0.717) is 31.0 Å². The number of alkyl halides is 1. The molecule has 10 heteroatoms. The highest BCUT2D eigenvalue weighted by molar-refractivity contribution is 6.18. The first-order valence-corrected chi connectivity index (χ1v) is 14.3. The molecule has 0 aliphatic heterocycles. The van der Waals surface area contributed by atoms with Crippen LogP contribution in [0.1, 0.15) is 37.8 Å². The Morgan fingerprint density at radius 2 is 1.24 bits per heavy atom. The molecule has 2 atom stereocenters. The molecule has 0 aromatic heterocycles. The van der Waals surface area contributed by atoms with Gasteiger partial charge < -0.3 is 33.9 Å². The van der Waals surface area contributed by atoms with E-state index in [-0.39, 0.29) is 49.5 Å². The molecule has 0 aliphatic rings. The van der Waals surface area contributed by atoms with Gasteiger partial charge in [0.05, 0.1) is 18.7 Å². The van der Waals surface area contributed by atoms with Gasteiger partial charge in [0.1, 0.15) is 43.5 Å². The Bertz CT molecular complexity index is 1060. The Morgan fingerprint density at radius 1 is 0.780 bits per heavy atom. The van der Waals surface area contributed by atoms with Crippen molar-refractivity contribution in [2.45, 2.75) is 44.3 Å². The summed E-state index contributed by atoms with van der Waals surface area (Å²) < 4.78 is 22.0. The lowest BCUT2D eigenvalue weighted by Gasteiger charge is -2.26. The molecule has 2 rings (SSSR count). The van der Waals surface area contributed by atoms with E-state index in [1.807, 2.05) is 86.5 Å². The first kappa shape index (κ1) is 34.4. The van der Waals surface area contributed by atoms with Crippen molar-refractivity contribution in [3.05, 3.63) is 59.7 Å². The number of halogens is 1. The Hall–Kier alpha value is -2.85. The number of hydrogen-bond acceptors (Lipinski definition) is 9. The topological polar surface area (TPSA) is 97.8 Å². The second-order valence-corrected chi connectivity index (χ2v) is 11.3. The SMILES string of the molecule is CN(C)CCC(=O)OCC(O)COc1ccc(C(C)(C)c2ccc(OCC(CCl)OC(=O)CCN(C)C)cc2)cc1. The average molecular weight is 593 g/mol. The average Bonchev–Trinajstić information content (AvgIpc) is 2.95. The molecule has 0 radical (unpaired) electrons. The van der Waals surface area contributed by atoms with Gasteiger partial charge in [-0.3, -0.25) is 9.59 Å². The molecule has 41 heavy (non-hydrogen) atoms. The van der Waals surface area contributed by atoms with Crippen molar-refractivity contribution >= 4 is 23.5 Å². The molecule has 0 heterocycles. The van der Waals surface area contributed by atoms with Gasteiger partial charge in [0.15, 0.2) is 0 Å². The number of carbonyl (C=O) groups excluding carboxylic acids is 2. The highest BCUT2D eigenvalue weighted by atomic mass is 35.5. The summed E-state index contributed by atoms with van der Waals surface area (Å²) in [6.07, 6.45) is -0.859. The molecule has 0 aliphatic carbocycles. The maximum absolute atomic E-state index is 12.0. The molecule has 0 saturated carbocycles. The van der Waals surface area contributed by atoms with E-state index in [4.69, 9.17) is 30.5 Å². The molecule has 0 spiro atoms. The number of carbonyl (C=O) groups is 2. The van der Waals surface area contributed by atoms with Crippen LogP contribution in [0.25, 0.3) is 0 Å². The van der Waals surface area contributed by atoms with E-state index >= 15 is 0 Å². The van der Waals surface area contributed by atoms with Crippen molar-refractivity contribution in [3.63, 3.8) is 0 Å². The van der Waals surface area contributed by atoms with E-state index in [0.717, 1.165) is 11.1 Å². The summed E-state index contributed by atoms with van der Waals surface area (Å²) in [5, 5.41) is 10.1. The maximum Gasteiger partial charge on any atom is 0.307 e. The fourth-order valence-corrected chi connectivity index (χ4v) is 3.93. The van der Waals surface area contributed by atoms with Crippen LogP contribution in [0.2, 0.25) is 0 Å². The number of aliphatic hydroxyl groups excluding tert-OH is 1. The quantitative estimate of drug-likeness (QED) is 0.205. The van der Waals surface area contributed by atoms with Crippen molar-refractivity contribution in [2.24, 2.45) is 0 Å². The molecule has 0 fully saturated rings. The Morgan fingerprint density at radius 3 is 1.71 bits per heavy atom. The number of nitrogens with zero attached hydrogens (tertiary/aromatic N) is 2. The van der Waals surface area contributed by atoms with Gasteiger partial charge in [0, 0.05) is 18.5 Å². The molecular formula is C31H45ClN2O7. The van der Waals surface area contributed by atoms with Crippen molar-refractivity contribution < 1.29 is 33.6 Å². The third-order valence-electron chi connectivity index (χ3n) is 6.46. The molecule has 228 valence electrons. The van der Waals surface area contributed by atoms with Crippen LogP contribution in [0, 0.1) is 0 Å². The number of rotatable bonds is 18. The number of aliphatic hydroxyl groups is 1.